The van der Waals surface area contributed by atoms with Crippen molar-refractivity contribution in [3.8, 4) is 0 Å². The zero-order valence-electron chi connectivity index (χ0n) is 11.8. The molecular formula is C15H16FN3O2. The van der Waals surface area contributed by atoms with Crippen LogP contribution in [-0.4, -0.2) is 17.6 Å². The van der Waals surface area contributed by atoms with Gasteiger partial charge in [-0.3, -0.25) is 0 Å². The molecule has 0 radical (unpaired) electrons. The highest BCUT2D eigenvalue weighted by Crippen LogP contribution is 2.26. The zero-order chi connectivity index (χ0) is 15.4. The maximum atomic E-state index is 13.7. The minimum absolute atomic E-state index is 0.122. The molecule has 0 aliphatic heterocycles. The summed E-state index contributed by atoms with van der Waals surface area (Å²) in [5, 5.41) is 2.80. The van der Waals surface area contributed by atoms with E-state index in [0.717, 1.165) is 5.56 Å². The number of halogens is 1. The fourth-order valence-electron chi connectivity index (χ4n) is 1.82. The maximum absolute atomic E-state index is 13.7. The number of anilines is 3. The third-order valence-corrected chi connectivity index (χ3v) is 2.86. The molecule has 0 atom stereocenters. The average molecular weight is 289 g/mol. The van der Waals surface area contributed by atoms with Crippen LogP contribution in [0.5, 0.6) is 0 Å². The van der Waals surface area contributed by atoms with Crippen LogP contribution in [0.25, 0.3) is 0 Å². The Morgan fingerprint density at radius 2 is 2.19 bits per heavy atom. The van der Waals surface area contributed by atoms with Gasteiger partial charge in [-0.15, -0.1) is 0 Å². The molecule has 0 aliphatic carbocycles. The molecule has 2 rings (SSSR count). The smallest absolute Gasteiger partial charge is 0.340 e. The zero-order valence-corrected chi connectivity index (χ0v) is 11.8. The molecule has 1 heterocycles. The SMILES string of the molecule is CCOC(=O)c1ccnc(Nc2cc(C)ccc2F)c1N. The predicted molar refractivity (Wildman–Crippen MR) is 79.0 cm³/mol. The largest absolute Gasteiger partial charge is 0.462 e. The Kier molecular flexibility index (Phi) is 4.37. The second-order valence-electron chi connectivity index (χ2n) is 4.45. The summed E-state index contributed by atoms with van der Waals surface area (Å²) >= 11 is 0. The van der Waals surface area contributed by atoms with Crippen molar-refractivity contribution < 1.29 is 13.9 Å². The number of nitrogen functional groups attached to an aromatic ring is 1. The maximum Gasteiger partial charge on any atom is 0.340 e. The van der Waals surface area contributed by atoms with E-state index in [9.17, 15) is 9.18 Å². The van der Waals surface area contributed by atoms with Gasteiger partial charge < -0.3 is 15.8 Å². The van der Waals surface area contributed by atoms with E-state index in [2.05, 4.69) is 10.3 Å². The molecule has 2 aromatic rings. The molecule has 3 N–H and O–H groups in total. The Morgan fingerprint density at radius 1 is 1.43 bits per heavy atom. The number of aryl methyl sites for hydroxylation is 1. The molecule has 0 unspecified atom stereocenters. The first-order valence-electron chi connectivity index (χ1n) is 6.47. The van der Waals surface area contributed by atoms with Gasteiger partial charge in [-0.05, 0) is 37.6 Å². The van der Waals surface area contributed by atoms with Crippen molar-refractivity contribution in [1.82, 2.24) is 4.98 Å². The number of nitrogens with zero attached hydrogens (tertiary/aromatic N) is 1. The number of nitrogens with two attached hydrogens (primary N) is 1. The van der Waals surface area contributed by atoms with Crippen LogP contribution >= 0.6 is 0 Å². The summed E-state index contributed by atoms with van der Waals surface area (Å²) in [5.74, 6) is -0.751. The minimum Gasteiger partial charge on any atom is -0.462 e. The van der Waals surface area contributed by atoms with Gasteiger partial charge in [0.05, 0.1) is 23.5 Å². The minimum atomic E-state index is -0.537. The van der Waals surface area contributed by atoms with Crippen LogP contribution in [-0.2, 0) is 4.74 Å². The van der Waals surface area contributed by atoms with Crippen LogP contribution in [0.4, 0.5) is 21.6 Å². The summed E-state index contributed by atoms with van der Waals surface area (Å²) in [6.07, 6.45) is 1.42. The van der Waals surface area contributed by atoms with Gasteiger partial charge in [-0.2, -0.15) is 0 Å². The summed E-state index contributed by atoms with van der Waals surface area (Å²) in [5.41, 5.74) is 7.35. The number of benzene rings is 1. The van der Waals surface area contributed by atoms with Crippen molar-refractivity contribution in [2.45, 2.75) is 13.8 Å². The van der Waals surface area contributed by atoms with Crippen molar-refractivity contribution in [3.05, 3.63) is 47.4 Å². The third-order valence-electron chi connectivity index (χ3n) is 2.86. The van der Waals surface area contributed by atoms with Crippen LogP contribution in [0.2, 0.25) is 0 Å². The Labute approximate surface area is 121 Å². The van der Waals surface area contributed by atoms with Crippen molar-refractivity contribution in [1.29, 1.82) is 0 Å². The number of hydrogen-bond donors (Lipinski definition) is 2. The Balaban J connectivity index is 2.35. The van der Waals surface area contributed by atoms with E-state index in [0.29, 0.717) is 0 Å². The van der Waals surface area contributed by atoms with E-state index in [4.69, 9.17) is 10.5 Å². The standard InChI is InChI=1S/C15H16FN3O2/c1-3-21-15(20)10-6-7-18-14(13(10)17)19-12-8-9(2)4-5-11(12)16/h4-8H,3,17H2,1-2H3,(H,18,19). The second-order valence-corrected chi connectivity index (χ2v) is 4.45. The molecule has 0 aliphatic rings. The van der Waals surface area contributed by atoms with Crippen molar-refractivity contribution in [2.75, 3.05) is 17.7 Å². The molecule has 1 aromatic carbocycles. The lowest BCUT2D eigenvalue weighted by atomic mass is 10.2. The Morgan fingerprint density at radius 3 is 2.90 bits per heavy atom. The molecule has 0 fully saturated rings. The van der Waals surface area contributed by atoms with Gasteiger partial charge in [-0.25, -0.2) is 14.2 Å². The summed E-state index contributed by atoms with van der Waals surface area (Å²) in [6.45, 7) is 3.79. The Bertz CT molecular complexity index is 674. The number of aromatic nitrogens is 1. The molecule has 21 heavy (non-hydrogen) atoms. The summed E-state index contributed by atoms with van der Waals surface area (Å²) in [6, 6.07) is 6.11. The molecule has 0 saturated carbocycles. The van der Waals surface area contributed by atoms with Gasteiger partial charge in [0.15, 0.2) is 5.82 Å². The van der Waals surface area contributed by atoms with Gasteiger partial charge in [0.25, 0.3) is 0 Å². The summed E-state index contributed by atoms with van der Waals surface area (Å²) in [4.78, 5) is 15.8. The fourth-order valence-corrected chi connectivity index (χ4v) is 1.82. The van der Waals surface area contributed by atoms with Crippen molar-refractivity contribution in [3.63, 3.8) is 0 Å². The first-order chi connectivity index (χ1) is 10.0. The highest BCUT2D eigenvalue weighted by Gasteiger charge is 2.15. The number of hydrogen-bond acceptors (Lipinski definition) is 5. The predicted octanol–water partition coefficient (Wildman–Crippen LogP) is 3.03. The fraction of sp³-hybridized carbons (Fsp3) is 0.200. The second kappa shape index (κ2) is 6.21. The first kappa shape index (κ1) is 14.8. The summed E-state index contributed by atoms with van der Waals surface area (Å²) < 4.78 is 18.7. The molecule has 0 amide bonds. The normalized spacial score (nSPS) is 10.2. The van der Waals surface area contributed by atoms with E-state index < -0.39 is 11.8 Å². The van der Waals surface area contributed by atoms with E-state index in [-0.39, 0.29) is 29.4 Å². The quantitative estimate of drug-likeness (QED) is 0.846. The third kappa shape index (κ3) is 3.28. The van der Waals surface area contributed by atoms with E-state index in [1.54, 1.807) is 19.1 Å². The van der Waals surface area contributed by atoms with Crippen LogP contribution < -0.4 is 11.1 Å². The van der Waals surface area contributed by atoms with E-state index >= 15 is 0 Å². The monoisotopic (exact) mass is 289 g/mol. The number of nitrogens with one attached hydrogen (secondary N) is 1. The first-order valence-corrected chi connectivity index (χ1v) is 6.47. The van der Waals surface area contributed by atoms with Crippen LogP contribution in [0.15, 0.2) is 30.5 Å². The van der Waals surface area contributed by atoms with Crippen molar-refractivity contribution >= 4 is 23.2 Å². The average Bonchev–Trinajstić information content (AvgIpc) is 2.45. The van der Waals surface area contributed by atoms with Gasteiger partial charge >= 0.3 is 5.97 Å². The molecule has 0 saturated heterocycles. The van der Waals surface area contributed by atoms with Gasteiger partial charge in [0.1, 0.15) is 5.82 Å². The number of esters is 1. The van der Waals surface area contributed by atoms with E-state index in [1.807, 2.05) is 6.92 Å². The van der Waals surface area contributed by atoms with Gasteiger partial charge in [0, 0.05) is 6.20 Å². The number of carbonyl (C=O) groups is 1. The molecule has 5 nitrogen and oxygen atoms in total. The topological polar surface area (TPSA) is 77.2 Å². The lowest BCUT2D eigenvalue weighted by Crippen LogP contribution is -2.10. The van der Waals surface area contributed by atoms with Crippen LogP contribution in [0.3, 0.4) is 0 Å². The Hall–Kier alpha value is -2.63. The lowest BCUT2D eigenvalue weighted by Gasteiger charge is -2.12. The molecule has 1 aromatic heterocycles. The van der Waals surface area contributed by atoms with Crippen LogP contribution in [0, 0.1) is 12.7 Å². The number of ether oxygens (including phenoxy) is 1. The molecule has 0 bridgehead atoms. The number of carbonyl (C=O) groups excluding carboxylic acids is 1. The van der Waals surface area contributed by atoms with Gasteiger partial charge in [-0.1, -0.05) is 6.07 Å². The molecule has 110 valence electrons. The molecular weight excluding hydrogens is 273 g/mol. The highest BCUT2D eigenvalue weighted by atomic mass is 19.1. The summed E-state index contributed by atoms with van der Waals surface area (Å²) in [7, 11) is 0. The number of rotatable bonds is 4. The van der Waals surface area contributed by atoms with E-state index in [1.165, 1.54) is 18.3 Å². The molecule has 6 heteroatoms. The highest BCUT2D eigenvalue weighted by molar-refractivity contribution is 5.98. The molecule has 0 spiro atoms. The van der Waals surface area contributed by atoms with Gasteiger partial charge in [0.2, 0.25) is 0 Å². The lowest BCUT2D eigenvalue weighted by molar-refractivity contribution is 0.0527. The van der Waals surface area contributed by atoms with Crippen molar-refractivity contribution in [2.24, 2.45) is 0 Å². The van der Waals surface area contributed by atoms with Crippen LogP contribution in [0.1, 0.15) is 22.8 Å². The number of pyridine rings is 1.